The van der Waals surface area contributed by atoms with E-state index in [9.17, 15) is 14.7 Å². The van der Waals surface area contributed by atoms with Gasteiger partial charge in [0, 0.05) is 0 Å². The number of hydrogen-bond acceptors (Lipinski definition) is 5. The van der Waals surface area contributed by atoms with Crippen LogP contribution in [0.1, 0.15) is 12.8 Å². The predicted molar refractivity (Wildman–Crippen MR) is 53.0 cm³/mol. The summed E-state index contributed by atoms with van der Waals surface area (Å²) >= 11 is 0. The Hall–Kier alpha value is -1.36. The summed E-state index contributed by atoms with van der Waals surface area (Å²) in [5.41, 5.74) is 0. The van der Waals surface area contributed by atoms with E-state index >= 15 is 0 Å². The molecule has 5 heteroatoms. The molecule has 0 aliphatic rings. The van der Waals surface area contributed by atoms with E-state index in [2.05, 4.69) is 16.1 Å². The van der Waals surface area contributed by atoms with Crippen LogP contribution in [0.2, 0.25) is 0 Å². The van der Waals surface area contributed by atoms with Gasteiger partial charge in [0.1, 0.15) is 0 Å². The van der Waals surface area contributed by atoms with Gasteiger partial charge in [-0.05, 0) is 6.42 Å². The minimum Gasteiger partial charge on any atom is -0.469 e. The smallest absolute Gasteiger partial charge is 0.311 e. The second kappa shape index (κ2) is 7.00. The number of hydrogen-bond donors (Lipinski definition) is 1. The zero-order chi connectivity index (χ0) is 11.8. The maximum absolute atomic E-state index is 11.2. The van der Waals surface area contributed by atoms with E-state index in [0.29, 0.717) is 0 Å². The highest BCUT2D eigenvalue weighted by Crippen LogP contribution is 2.15. The summed E-state index contributed by atoms with van der Waals surface area (Å²) in [7, 11) is 2.44. The molecule has 0 unspecified atom stereocenters. The number of aliphatic hydroxyl groups excluding tert-OH is 1. The van der Waals surface area contributed by atoms with Gasteiger partial charge in [0.2, 0.25) is 0 Å². The largest absolute Gasteiger partial charge is 0.469 e. The van der Waals surface area contributed by atoms with Gasteiger partial charge < -0.3 is 14.6 Å². The Bertz CT molecular complexity index is 236. The topological polar surface area (TPSA) is 72.8 Å². The molecule has 0 aliphatic heterocycles. The molecule has 0 aromatic rings. The van der Waals surface area contributed by atoms with Gasteiger partial charge in [-0.15, -0.1) is 6.58 Å². The molecule has 0 bridgehead atoms. The zero-order valence-corrected chi connectivity index (χ0v) is 8.93. The van der Waals surface area contributed by atoms with Gasteiger partial charge in [-0.25, -0.2) is 0 Å². The highest BCUT2D eigenvalue weighted by atomic mass is 16.5. The lowest BCUT2D eigenvalue weighted by molar-refractivity contribution is -0.152. The first-order valence-corrected chi connectivity index (χ1v) is 4.50. The lowest BCUT2D eigenvalue weighted by Gasteiger charge is -2.18. The van der Waals surface area contributed by atoms with Crippen LogP contribution in [0.5, 0.6) is 0 Å². The molecule has 0 radical (unpaired) electrons. The molecule has 0 aromatic carbocycles. The average Bonchev–Trinajstić information content (AvgIpc) is 2.24. The van der Waals surface area contributed by atoms with Crippen LogP contribution in [0, 0.1) is 5.92 Å². The molecule has 0 heterocycles. The van der Waals surface area contributed by atoms with Gasteiger partial charge in [-0.3, -0.25) is 9.59 Å². The Morgan fingerprint density at radius 3 is 2.40 bits per heavy atom. The molecule has 15 heavy (non-hydrogen) atoms. The number of esters is 2. The number of carbonyl (C=O) groups is 2. The summed E-state index contributed by atoms with van der Waals surface area (Å²) in [6.07, 6.45) is 0.403. The Balaban J connectivity index is 4.40. The Morgan fingerprint density at radius 1 is 1.40 bits per heavy atom. The molecular weight excluding hydrogens is 200 g/mol. The van der Waals surface area contributed by atoms with E-state index in [1.165, 1.54) is 20.3 Å². The van der Waals surface area contributed by atoms with Crippen LogP contribution < -0.4 is 0 Å². The first kappa shape index (κ1) is 13.6. The normalized spacial score (nSPS) is 13.8. The van der Waals surface area contributed by atoms with Crippen molar-refractivity contribution in [3.63, 3.8) is 0 Å². The van der Waals surface area contributed by atoms with Crippen molar-refractivity contribution in [3.05, 3.63) is 12.7 Å². The fourth-order valence-corrected chi connectivity index (χ4v) is 1.14. The number of carbonyl (C=O) groups excluding carboxylic acids is 2. The molecule has 0 rings (SSSR count). The van der Waals surface area contributed by atoms with E-state index in [1.54, 1.807) is 0 Å². The van der Waals surface area contributed by atoms with E-state index < -0.39 is 24.0 Å². The average molecular weight is 216 g/mol. The van der Waals surface area contributed by atoms with Crippen LogP contribution in [0.15, 0.2) is 12.7 Å². The van der Waals surface area contributed by atoms with E-state index in [0.717, 1.165) is 0 Å². The monoisotopic (exact) mass is 216 g/mol. The van der Waals surface area contributed by atoms with Crippen molar-refractivity contribution >= 4 is 11.9 Å². The number of ether oxygens (including phenoxy) is 2. The second-order valence-corrected chi connectivity index (χ2v) is 3.00. The minimum absolute atomic E-state index is 0.232. The van der Waals surface area contributed by atoms with Gasteiger partial charge in [0.15, 0.2) is 0 Å². The summed E-state index contributed by atoms with van der Waals surface area (Å²) in [6, 6.07) is 0. The third-order valence-corrected chi connectivity index (χ3v) is 1.99. The third kappa shape index (κ3) is 4.60. The SMILES string of the molecule is C=CC[C@H](C(=O)OC)[C@@H](O)CC(=O)OC. The van der Waals surface area contributed by atoms with Crippen molar-refractivity contribution in [1.82, 2.24) is 0 Å². The minimum atomic E-state index is -1.11. The Labute approximate surface area is 88.7 Å². The molecule has 5 nitrogen and oxygen atoms in total. The van der Waals surface area contributed by atoms with Crippen molar-refractivity contribution in [2.24, 2.45) is 5.92 Å². The van der Waals surface area contributed by atoms with Crippen molar-refractivity contribution in [2.75, 3.05) is 14.2 Å². The van der Waals surface area contributed by atoms with E-state index in [-0.39, 0.29) is 12.8 Å². The molecule has 0 saturated carbocycles. The van der Waals surface area contributed by atoms with E-state index in [1.807, 2.05) is 0 Å². The second-order valence-electron chi connectivity index (χ2n) is 3.00. The van der Waals surface area contributed by atoms with Gasteiger partial charge in [-0.2, -0.15) is 0 Å². The maximum atomic E-state index is 11.2. The Kier molecular flexibility index (Phi) is 6.37. The predicted octanol–water partition coefficient (Wildman–Crippen LogP) is 0.276. The summed E-state index contributed by atoms with van der Waals surface area (Å²) in [4.78, 5) is 22.1. The van der Waals surface area contributed by atoms with Crippen molar-refractivity contribution in [3.8, 4) is 0 Å². The molecule has 0 aromatic heterocycles. The van der Waals surface area contributed by atoms with Gasteiger partial charge in [-0.1, -0.05) is 6.08 Å². The summed E-state index contributed by atoms with van der Waals surface area (Å²) in [6.45, 7) is 3.46. The summed E-state index contributed by atoms with van der Waals surface area (Å²) in [5.74, 6) is -1.90. The highest BCUT2D eigenvalue weighted by molar-refractivity contribution is 5.75. The van der Waals surface area contributed by atoms with Crippen molar-refractivity contribution < 1.29 is 24.2 Å². The Morgan fingerprint density at radius 2 is 2.00 bits per heavy atom. The van der Waals surface area contributed by atoms with Gasteiger partial charge >= 0.3 is 11.9 Å². The molecule has 0 fully saturated rings. The molecule has 0 amide bonds. The molecule has 86 valence electrons. The maximum Gasteiger partial charge on any atom is 0.311 e. The number of rotatable bonds is 6. The highest BCUT2D eigenvalue weighted by Gasteiger charge is 2.28. The molecule has 0 aliphatic carbocycles. The van der Waals surface area contributed by atoms with Crippen LogP contribution in [-0.2, 0) is 19.1 Å². The lowest BCUT2D eigenvalue weighted by atomic mass is 9.96. The van der Waals surface area contributed by atoms with Crippen LogP contribution in [0.25, 0.3) is 0 Å². The third-order valence-electron chi connectivity index (χ3n) is 1.99. The van der Waals surface area contributed by atoms with E-state index in [4.69, 9.17) is 0 Å². The lowest BCUT2D eigenvalue weighted by Crippen LogP contribution is -2.31. The molecular formula is C10H16O5. The summed E-state index contributed by atoms with van der Waals surface area (Å²) < 4.78 is 8.89. The zero-order valence-electron chi connectivity index (χ0n) is 8.93. The first-order valence-electron chi connectivity index (χ1n) is 4.50. The standard InChI is InChI=1S/C10H16O5/c1-4-5-7(10(13)15-3)8(11)6-9(12)14-2/h4,7-8,11H,1,5-6H2,2-3H3/t7-,8-/m0/s1. The number of aliphatic hydroxyl groups is 1. The molecule has 1 N–H and O–H groups in total. The number of allylic oxidation sites excluding steroid dienone is 1. The fraction of sp³-hybridized carbons (Fsp3) is 0.600. The van der Waals surface area contributed by atoms with Crippen molar-refractivity contribution in [2.45, 2.75) is 18.9 Å². The van der Waals surface area contributed by atoms with Crippen LogP contribution in [0.4, 0.5) is 0 Å². The van der Waals surface area contributed by atoms with Crippen LogP contribution in [0.3, 0.4) is 0 Å². The molecule has 0 saturated heterocycles. The van der Waals surface area contributed by atoms with Crippen LogP contribution >= 0.6 is 0 Å². The van der Waals surface area contributed by atoms with Crippen LogP contribution in [-0.4, -0.2) is 37.4 Å². The molecule has 2 atom stereocenters. The summed E-state index contributed by atoms with van der Waals surface area (Å²) in [5, 5.41) is 9.59. The van der Waals surface area contributed by atoms with Gasteiger partial charge in [0.25, 0.3) is 0 Å². The quantitative estimate of drug-likeness (QED) is 0.510. The fourth-order valence-electron chi connectivity index (χ4n) is 1.14. The van der Waals surface area contributed by atoms with Crippen molar-refractivity contribution in [1.29, 1.82) is 0 Å². The van der Waals surface area contributed by atoms with Gasteiger partial charge in [0.05, 0.1) is 32.7 Å². The number of methoxy groups -OCH3 is 2. The first-order chi connectivity index (χ1) is 7.06. The molecule has 0 spiro atoms.